The molecule has 0 aromatic heterocycles. The van der Waals surface area contributed by atoms with Crippen LogP contribution < -0.4 is 0 Å². The summed E-state index contributed by atoms with van der Waals surface area (Å²) >= 11 is 12.3. The smallest absolute Gasteiger partial charge is 0.264 e. The lowest BCUT2D eigenvalue weighted by atomic mass is 9.91. The summed E-state index contributed by atoms with van der Waals surface area (Å²) in [6.07, 6.45) is 2.37. The number of carbonyl (C=O) groups is 1. The molecule has 4 rings (SSSR count). The Morgan fingerprint density at radius 3 is 2.42 bits per heavy atom. The van der Waals surface area contributed by atoms with Crippen molar-refractivity contribution in [1.82, 2.24) is 4.90 Å². The molecule has 1 aliphatic carbocycles. The van der Waals surface area contributed by atoms with Crippen LogP contribution in [0.5, 0.6) is 0 Å². The van der Waals surface area contributed by atoms with E-state index in [1.807, 2.05) is 30.3 Å². The van der Waals surface area contributed by atoms with Gasteiger partial charge in [0.2, 0.25) is 5.91 Å². The van der Waals surface area contributed by atoms with Gasteiger partial charge in [-0.05, 0) is 54.2 Å². The fourth-order valence-electron chi connectivity index (χ4n) is 4.09. The van der Waals surface area contributed by atoms with E-state index >= 15 is 0 Å². The summed E-state index contributed by atoms with van der Waals surface area (Å²) in [6, 6.07) is 13.7. The van der Waals surface area contributed by atoms with Gasteiger partial charge in [-0.1, -0.05) is 47.5 Å². The third kappa shape index (κ3) is 5.41. The summed E-state index contributed by atoms with van der Waals surface area (Å²) in [7, 11) is -3.64. The largest absolute Gasteiger partial charge is 0.361 e. The molecule has 0 bridgehead atoms. The molecule has 2 aromatic carbocycles. The fraction of sp³-hybridized carbons (Fsp3) is 0.409. The van der Waals surface area contributed by atoms with Crippen LogP contribution in [0.25, 0.3) is 0 Å². The number of morpholine rings is 1. The summed E-state index contributed by atoms with van der Waals surface area (Å²) < 4.78 is 34.5. The minimum absolute atomic E-state index is 0.0818. The van der Waals surface area contributed by atoms with Crippen LogP contribution >= 0.6 is 23.2 Å². The van der Waals surface area contributed by atoms with Gasteiger partial charge in [0.1, 0.15) is 12.7 Å². The van der Waals surface area contributed by atoms with Gasteiger partial charge >= 0.3 is 0 Å². The average Bonchev–Trinajstić information content (AvgIpc) is 3.54. The molecule has 0 radical (unpaired) electrons. The Morgan fingerprint density at radius 1 is 1.10 bits per heavy atom. The van der Waals surface area contributed by atoms with Crippen LogP contribution in [0.2, 0.25) is 10.0 Å². The molecule has 2 fully saturated rings. The standard InChI is InChI=1S/C22H23Cl2NO5S/c1-31(27,28)30-12-19(14-5-6-14)25-20(26)13-29-22(16-3-2-4-18(24)11-16)21(25)15-7-9-17(23)10-8-15/h2-4,7-11,14,19,21-22H,5-6,12-13H2,1H3. The molecule has 0 spiro atoms. The molecule has 9 heteroatoms. The molecule has 1 saturated carbocycles. The number of amides is 1. The molecule has 2 aromatic rings. The summed E-state index contributed by atoms with van der Waals surface area (Å²) in [5, 5.41) is 1.15. The topological polar surface area (TPSA) is 72.9 Å². The highest BCUT2D eigenvalue weighted by Crippen LogP contribution is 2.46. The second kappa shape index (κ2) is 9.08. The van der Waals surface area contributed by atoms with Gasteiger partial charge in [0.15, 0.2) is 0 Å². The van der Waals surface area contributed by atoms with E-state index < -0.39 is 22.3 Å². The molecule has 3 unspecified atom stereocenters. The molecule has 0 N–H and O–H groups in total. The molecule has 6 nitrogen and oxygen atoms in total. The van der Waals surface area contributed by atoms with Crippen LogP contribution in [0, 0.1) is 5.92 Å². The monoisotopic (exact) mass is 483 g/mol. The molecule has 2 aliphatic rings. The predicted molar refractivity (Wildman–Crippen MR) is 118 cm³/mol. The molecule has 3 atom stereocenters. The molecule has 166 valence electrons. The highest BCUT2D eigenvalue weighted by molar-refractivity contribution is 7.85. The Hall–Kier alpha value is -1.64. The van der Waals surface area contributed by atoms with E-state index in [4.69, 9.17) is 32.1 Å². The van der Waals surface area contributed by atoms with Crippen molar-refractivity contribution in [3.8, 4) is 0 Å². The third-order valence-corrected chi connectivity index (χ3v) is 6.68. The molecule has 1 heterocycles. The lowest BCUT2D eigenvalue weighted by molar-refractivity contribution is -0.165. The Morgan fingerprint density at radius 2 is 1.81 bits per heavy atom. The summed E-state index contributed by atoms with van der Waals surface area (Å²) in [5.41, 5.74) is 1.68. The van der Waals surface area contributed by atoms with Crippen LogP contribution in [-0.4, -0.2) is 44.7 Å². The summed E-state index contributed by atoms with van der Waals surface area (Å²) in [6.45, 7) is -0.190. The number of hydrogen-bond acceptors (Lipinski definition) is 5. The average molecular weight is 484 g/mol. The number of rotatable bonds is 7. The number of benzene rings is 2. The van der Waals surface area contributed by atoms with Crippen molar-refractivity contribution in [3.05, 3.63) is 69.7 Å². The number of ether oxygens (including phenoxy) is 1. The number of halogens is 2. The van der Waals surface area contributed by atoms with Gasteiger partial charge in [0.25, 0.3) is 10.1 Å². The minimum Gasteiger partial charge on any atom is -0.361 e. The van der Waals surface area contributed by atoms with Gasteiger partial charge in [-0.25, -0.2) is 0 Å². The molecule has 1 saturated heterocycles. The Bertz CT molecular complexity index is 1060. The van der Waals surface area contributed by atoms with Crippen LogP contribution in [0.15, 0.2) is 48.5 Å². The zero-order valence-electron chi connectivity index (χ0n) is 16.9. The minimum atomic E-state index is -3.64. The van der Waals surface area contributed by atoms with Crippen LogP contribution in [0.1, 0.15) is 36.1 Å². The number of carbonyl (C=O) groups excluding carboxylic acids is 1. The van der Waals surface area contributed by atoms with Crippen molar-refractivity contribution in [1.29, 1.82) is 0 Å². The quantitative estimate of drug-likeness (QED) is 0.546. The lowest BCUT2D eigenvalue weighted by Crippen LogP contribution is -2.53. The van der Waals surface area contributed by atoms with Crippen molar-refractivity contribution >= 4 is 39.2 Å². The predicted octanol–water partition coefficient (Wildman–Crippen LogP) is 4.39. The van der Waals surface area contributed by atoms with Crippen LogP contribution in [0.3, 0.4) is 0 Å². The maximum absolute atomic E-state index is 13.1. The van der Waals surface area contributed by atoms with Crippen molar-refractivity contribution < 1.29 is 22.1 Å². The number of nitrogens with zero attached hydrogens (tertiary/aromatic N) is 1. The second-order valence-corrected chi connectivity index (χ2v) is 10.5. The maximum atomic E-state index is 13.1. The lowest BCUT2D eigenvalue weighted by Gasteiger charge is -2.45. The van der Waals surface area contributed by atoms with Gasteiger partial charge in [-0.3, -0.25) is 8.98 Å². The molecule has 31 heavy (non-hydrogen) atoms. The van der Waals surface area contributed by atoms with Crippen LogP contribution in [0.4, 0.5) is 0 Å². The van der Waals surface area contributed by atoms with Gasteiger partial charge in [-0.2, -0.15) is 8.42 Å². The molecule has 1 amide bonds. The SMILES string of the molecule is CS(=O)(=O)OCC(C1CC1)N1C(=O)COC(c2cccc(Cl)c2)C1c1ccc(Cl)cc1. The molecular formula is C22H23Cl2NO5S. The summed E-state index contributed by atoms with van der Waals surface area (Å²) in [4.78, 5) is 14.9. The van der Waals surface area contributed by atoms with E-state index in [9.17, 15) is 13.2 Å². The first-order valence-corrected chi connectivity index (χ1v) is 12.6. The van der Waals surface area contributed by atoms with E-state index in [1.165, 1.54) is 0 Å². The highest BCUT2D eigenvalue weighted by Gasteiger charge is 2.47. The molecular weight excluding hydrogens is 461 g/mol. The van der Waals surface area contributed by atoms with Gasteiger partial charge in [-0.15, -0.1) is 0 Å². The van der Waals surface area contributed by atoms with Gasteiger partial charge in [0.05, 0.1) is 24.9 Å². The first kappa shape index (κ1) is 22.6. The van der Waals surface area contributed by atoms with E-state index in [-0.39, 0.29) is 31.1 Å². The van der Waals surface area contributed by atoms with Gasteiger partial charge < -0.3 is 9.64 Å². The zero-order valence-corrected chi connectivity index (χ0v) is 19.2. The molecule has 1 aliphatic heterocycles. The van der Waals surface area contributed by atoms with E-state index in [1.54, 1.807) is 23.1 Å². The normalized spacial score (nSPS) is 23.1. The van der Waals surface area contributed by atoms with Gasteiger partial charge in [0, 0.05) is 10.0 Å². The Labute approximate surface area is 192 Å². The van der Waals surface area contributed by atoms with E-state index in [0.717, 1.165) is 30.2 Å². The van der Waals surface area contributed by atoms with Crippen molar-refractivity contribution in [3.63, 3.8) is 0 Å². The first-order valence-electron chi connectivity index (χ1n) is 10.0. The van der Waals surface area contributed by atoms with Crippen LogP contribution in [-0.2, 0) is 23.8 Å². The van der Waals surface area contributed by atoms with Crippen molar-refractivity contribution in [2.24, 2.45) is 5.92 Å². The highest BCUT2D eigenvalue weighted by atomic mass is 35.5. The maximum Gasteiger partial charge on any atom is 0.264 e. The van der Waals surface area contributed by atoms with Crippen molar-refractivity contribution in [2.75, 3.05) is 19.5 Å². The second-order valence-electron chi connectivity index (χ2n) is 7.98. The first-order chi connectivity index (χ1) is 14.7. The van der Waals surface area contributed by atoms with E-state index in [0.29, 0.717) is 10.0 Å². The van der Waals surface area contributed by atoms with E-state index in [2.05, 4.69) is 0 Å². The Balaban J connectivity index is 1.77. The Kier molecular flexibility index (Phi) is 6.60. The van der Waals surface area contributed by atoms with Crippen molar-refractivity contribution in [2.45, 2.75) is 31.0 Å². The summed E-state index contributed by atoms with van der Waals surface area (Å²) in [5.74, 6) is -0.0224. The fourth-order valence-corrected chi connectivity index (χ4v) is 4.81. The third-order valence-electron chi connectivity index (χ3n) is 5.63. The zero-order chi connectivity index (χ0) is 22.2. The number of hydrogen-bond donors (Lipinski definition) is 0.